The molecule has 2 heterocycles. The maximum Gasteiger partial charge on any atom is 0.246 e. The van der Waals surface area contributed by atoms with Crippen molar-refractivity contribution in [2.45, 2.75) is 33.9 Å². The van der Waals surface area contributed by atoms with Crippen LogP contribution in [0.3, 0.4) is 0 Å². The summed E-state index contributed by atoms with van der Waals surface area (Å²) in [6.07, 6.45) is 0. The molecule has 1 aromatic carbocycles. The van der Waals surface area contributed by atoms with Crippen molar-refractivity contribution in [1.82, 2.24) is 20.8 Å². The topological polar surface area (TPSA) is 88.5 Å². The Bertz CT molecular complexity index is 856. The number of guanidine groups is 1. The molecule has 2 N–H and O–H groups in total. The average molecular weight is 455 g/mol. The first-order valence-corrected chi connectivity index (χ1v) is 7.95. The zero-order chi connectivity index (χ0) is 16.9. The van der Waals surface area contributed by atoms with Crippen LogP contribution in [0.25, 0.3) is 11.0 Å². The Balaban J connectivity index is 0.00000225. The summed E-state index contributed by atoms with van der Waals surface area (Å²) in [6, 6.07) is 8.01. The van der Waals surface area contributed by atoms with Crippen LogP contribution in [0.1, 0.15) is 30.0 Å². The van der Waals surface area contributed by atoms with E-state index < -0.39 is 0 Å². The lowest BCUT2D eigenvalue weighted by Gasteiger charge is -2.09. The minimum absolute atomic E-state index is 0. The number of halogens is 1. The largest absolute Gasteiger partial charge is 0.459 e. The quantitative estimate of drug-likeness (QED) is 0.349. The van der Waals surface area contributed by atoms with Crippen LogP contribution in [0, 0.1) is 13.8 Å². The molecule has 0 spiro atoms. The molecule has 3 rings (SSSR count). The van der Waals surface area contributed by atoms with E-state index in [1.54, 1.807) is 6.92 Å². The first-order chi connectivity index (χ1) is 11.7. The molecule has 0 radical (unpaired) electrons. The fourth-order valence-corrected chi connectivity index (χ4v) is 2.44. The van der Waals surface area contributed by atoms with E-state index in [9.17, 15) is 0 Å². The maximum absolute atomic E-state index is 5.89. The number of rotatable bonds is 5. The summed E-state index contributed by atoms with van der Waals surface area (Å²) in [6.45, 7) is 7.49. The minimum Gasteiger partial charge on any atom is -0.459 e. The Labute approximate surface area is 163 Å². The monoisotopic (exact) mass is 455 g/mol. The number of furan rings is 1. The molecule has 25 heavy (non-hydrogen) atoms. The van der Waals surface area contributed by atoms with Crippen molar-refractivity contribution < 1.29 is 8.94 Å². The molecule has 8 heteroatoms. The van der Waals surface area contributed by atoms with Crippen LogP contribution in [0.5, 0.6) is 0 Å². The summed E-state index contributed by atoms with van der Waals surface area (Å²) in [4.78, 5) is 8.73. The lowest BCUT2D eigenvalue weighted by atomic mass is 10.1. The summed E-state index contributed by atoms with van der Waals surface area (Å²) in [5.74, 6) is 2.68. The molecule has 134 valence electrons. The van der Waals surface area contributed by atoms with Crippen LogP contribution in [-0.4, -0.2) is 22.6 Å². The standard InChI is InChI=1S/C17H21N5O2.HI/c1-4-18-17(20-10-16-21-12(3)22-24-16)19-9-15-11(2)13-7-5-6-8-14(13)23-15;/h5-8H,4,9-10H2,1-3H3,(H2,18,19,20);1H. The van der Waals surface area contributed by atoms with E-state index in [2.05, 4.69) is 38.8 Å². The van der Waals surface area contributed by atoms with Gasteiger partial charge in [0.25, 0.3) is 0 Å². The SMILES string of the molecule is CCNC(=NCc1oc2ccccc2c1C)NCc1nc(C)no1.I. The van der Waals surface area contributed by atoms with Crippen LogP contribution in [0.2, 0.25) is 0 Å². The predicted molar refractivity (Wildman–Crippen MR) is 107 cm³/mol. The Morgan fingerprint density at radius 2 is 2.00 bits per heavy atom. The van der Waals surface area contributed by atoms with Gasteiger partial charge in [-0.2, -0.15) is 4.98 Å². The van der Waals surface area contributed by atoms with Crippen molar-refractivity contribution in [3.63, 3.8) is 0 Å². The second-order valence-electron chi connectivity index (χ2n) is 5.43. The molecule has 0 aliphatic rings. The van der Waals surface area contributed by atoms with Gasteiger partial charge in [0.05, 0.1) is 6.54 Å². The molecule has 0 bridgehead atoms. The van der Waals surface area contributed by atoms with Gasteiger partial charge in [0.2, 0.25) is 5.89 Å². The number of para-hydroxylation sites is 1. The van der Waals surface area contributed by atoms with Crippen molar-refractivity contribution in [2.24, 2.45) is 4.99 Å². The van der Waals surface area contributed by atoms with Gasteiger partial charge >= 0.3 is 0 Å². The maximum atomic E-state index is 5.89. The third-order valence-corrected chi connectivity index (χ3v) is 3.64. The number of nitrogens with one attached hydrogen (secondary N) is 2. The number of aliphatic imine (C=N–C) groups is 1. The average Bonchev–Trinajstić information content (AvgIpc) is 3.14. The highest BCUT2D eigenvalue weighted by molar-refractivity contribution is 14.0. The fourth-order valence-electron chi connectivity index (χ4n) is 2.44. The third-order valence-electron chi connectivity index (χ3n) is 3.64. The van der Waals surface area contributed by atoms with Crippen molar-refractivity contribution in [1.29, 1.82) is 0 Å². The molecule has 3 aromatic rings. The number of aromatic nitrogens is 2. The zero-order valence-corrected chi connectivity index (χ0v) is 16.8. The normalized spacial score (nSPS) is 11.4. The molecule has 0 unspecified atom stereocenters. The van der Waals surface area contributed by atoms with Crippen LogP contribution >= 0.6 is 24.0 Å². The first-order valence-electron chi connectivity index (χ1n) is 7.95. The smallest absolute Gasteiger partial charge is 0.246 e. The van der Waals surface area contributed by atoms with Gasteiger partial charge in [0.1, 0.15) is 17.9 Å². The van der Waals surface area contributed by atoms with Crippen molar-refractivity contribution in [3.05, 3.63) is 47.3 Å². The summed E-state index contributed by atoms with van der Waals surface area (Å²) >= 11 is 0. The Kier molecular flexibility index (Phi) is 6.80. The van der Waals surface area contributed by atoms with E-state index in [1.165, 1.54) is 0 Å². The zero-order valence-electron chi connectivity index (χ0n) is 14.5. The van der Waals surface area contributed by atoms with E-state index >= 15 is 0 Å². The summed E-state index contributed by atoms with van der Waals surface area (Å²) in [5, 5.41) is 11.3. The lowest BCUT2D eigenvalue weighted by Crippen LogP contribution is -2.36. The highest BCUT2D eigenvalue weighted by Crippen LogP contribution is 2.25. The lowest BCUT2D eigenvalue weighted by molar-refractivity contribution is 0.371. The number of fused-ring (bicyclic) bond motifs is 1. The highest BCUT2D eigenvalue weighted by Gasteiger charge is 2.10. The van der Waals surface area contributed by atoms with E-state index in [1.807, 2.05) is 25.1 Å². The molecular weight excluding hydrogens is 433 g/mol. The summed E-state index contributed by atoms with van der Waals surface area (Å²) in [7, 11) is 0. The van der Waals surface area contributed by atoms with Crippen molar-refractivity contribution in [2.75, 3.05) is 6.54 Å². The second kappa shape index (κ2) is 8.84. The molecule has 0 amide bonds. The van der Waals surface area contributed by atoms with Gasteiger partial charge in [-0.25, -0.2) is 4.99 Å². The molecule has 0 aliphatic carbocycles. The van der Waals surface area contributed by atoms with Gasteiger partial charge in [-0.15, -0.1) is 24.0 Å². The molecule has 2 aromatic heterocycles. The molecule has 0 atom stereocenters. The van der Waals surface area contributed by atoms with Gasteiger partial charge in [-0.3, -0.25) is 0 Å². The molecular formula is C17H22IN5O2. The number of nitrogens with zero attached hydrogens (tertiary/aromatic N) is 3. The van der Waals surface area contributed by atoms with Crippen molar-refractivity contribution >= 4 is 40.9 Å². The van der Waals surface area contributed by atoms with Gasteiger partial charge in [0.15, 0.2) is 11.8 Å². The van der Waals surface area contributed by atoms with Crippen molar-refractivity contribution in [3.8, 4) is 0 Å². The predicted octanol–water partition coefficient (Wildman–Crippen LogP) is 3.31. The van der Waals surface area contributed by atoms with Gasteiger partial charge in [0, 0.05) is 17.5 Å². The number of benzene rings is 1. The molecule has 0 aliphatic heterocycles. The number of hydrogen-bond acceptors (Lipinski definition) is 5. The fraction of sp³-hybridized carbons (Fsp3) is 0.353. The van der Waals surface area contributed by atoms with Gasteiger partial charge in [-0.1, -0.05) is 23.4 Å². The van der Waals surface area contributed by atoms with E-state index in [-0.39, 0.29) is 24.0 Å². The minimum atomic E-state index is 0. The molecule has 0 saturated heterocycles. The van der Waals surface area contributed by atoms with Gasteiger partial charge < -0.3 is 19.6 Å². The van der Waals surface area contributed by atoms with E-state index in [4.69, 9.17) is 8.94 Å². The van der Waals surface area contributed by atoms with Crippen LogP contribution in [0.15, 0.2) is 38.2 Å². The molecule has 0 fully saturated rings. The van der Waals surface area contributed by atoms with E-state index in [0.29, 0.717) is 30.8 Å². The first kappa shape index (κ1) is 19.2. The Morgan fingerprint density at radius 3 is 2.68 bits per heavy atom. The molecule has 0 saturated carbocycles. The van der Waals surface area contributed by atoms with E-state index in [0.717, 1.165) is 28.8 Å². The number of aryl methyl sites for hydroxylation is 2. The number of hydrogen-bond donors (Lipinski definition) is 2. The van der Waals surface area contributed by atoms with Crippen LogP contribution in [0.4, 0.5) is 0 Å². The van der Waals surface area contributed by atoms with Crippen LogP contribution in [-0.2, 0) is 13.1 Å². The summed E-state index contributed by atoms with van der Waals surface area (Å²) < 4.78 is 11.0. The highest BCUT2D eigenvalue weighted by atomic mass is 127. The molecule has 7 nitrogen and oxygen atoms in total. The second-order valence-corrected chi connectivity index (χ2v) is 5.43. The Morgan fingerprint density at radius 1 is 1.20 bits per heavy atom. The summed E-state index contributed by atoms with van der Waals surface area (Å²) in [5.41, 5.74) is 2.01. The third kappa shape index (κ3) is 4.71. The van der Waals surface area contributed by atoms with Crippen LogP contribution < -0.4 is 10.6 Å². The Hall–Kier alpha value is -2.10. The van der Waals surface area contributed by atoms with Gasteiger partial charge in [-0.05, 0) is 26.8 Å².